The molecule has 1 amide bonds. The van der Waals surface area contributed by atoms with Crippen molar-refractivity contribution < 1.29 is 10.0 Å². The van der Waals surface area contributed by atoms with Gasteiger partial charge in [0.05, 0.1) is 6.04 Å². The second kappa shape index (κ2) is 6.24. The monoisotopic (exact) mass is 299 g/mol. The molecule has 0 aliphatic heterocycles. The number of carbonyl (C=O) groups is 1. The number of rotatable bonds is 4. The van der Waals surface area contributed by atoms with E-state index in [9.17, 15) is 4.79 Å². The Hall–Kier alpha value is -1.56. The van der Waals surface area contributed by atoms with Crippen molar-refractivity contribution in [2.24, 2.45) is 10.9 Å². The SMILES string of the molecule is CCC(NC(=O)c1cccc(Br)c1)/C(N)=N/O. The summed E-state index contributed by atoms with van der Waals surface area (Å²) >= 11 is 3.29. The number of halogens is 1. The van der Waals surface area contributed by atoms with Crippen LogP contribution in [0.15, 0.2) is 33.9 Å². The van der Waals surface area contributed by atoms with E-state index >= 15 is 0 Å². The van der Waals surface area contributed by atoms with Crippen molar-refractivity contribution in [1.29, 1.82) is 0 Å². The van der Waals surface area contributed by atoms with Crippen LogP contribution in [0.3, 0.4) is 0 Å². The summed E-state index contributed by atoms with van der Waals surface area (Å²) in [6, 6.07) is 6.53. The lowest BCUT2D eigenvalue weighted by atomic mass is 10.1. The third-order valence-corrected chi connectivity index (χ3v) is 2.77. The second-order valence-corrected chi connectivity index (χ2v) is 4.39. The van der Waals surface area contributed by atoms with Crippen LogP contribution in [-0.2, 0) is 0 Å². The topological polar surface area (TPSA) is 87.7 Å². The Morgan fingerprint density at radius 2 is 2.35 bits per heavy atom. The molecular formula is C11H14BrN3O2. The lowest BCUT2D eigenvalue weighted by Crippen LogP contribution is -2.44. The zero-order valence-corrected chi connectivity index (χ0v) is 10.9. The third-order valence-electron chi connectivity index (χ3n) is 2.27. The van der Waals surface area contributed by atoms with Gasteiger partial charge in [0.2, 0.25) is 0 Å². The molecule has 0 bridgehead atoms. The molecule has 0 aliphatic carbocycles. The Bertz CT molecular complexity index is 434. The molecule has 92 valence electrons. The molecule has 0 heterocycles. The molecule has 0 spiro atoms. The van der Waals surface area contributed by atoms with Crippen LogP contribution in [0.4, 0.5) is 0 Å². The number of amides is 1. The molecule has 4 N–H and O–H groups in total. The quantitative estimate of drug-likeness (QED) is 0.342. The Labute approximate surface area is 108 Å². The first-order valence-electron chi connectivity index (χ1n) is 5.12. The summed E-state index contributed by atoms with van der Waals surface area (Å²) in [5.41, 5.74) is 5.98. The van der Waals surface area contributed by atoms with Crippen molar-refractivity contribution in [3.8, 4) is 0 Å². The normalized spacial score (nSPS) is 13.2. The molecule has 1 aromatic carbocycles. The highest BCUT2D eigenvalue weighted by molar-refractivity contribution is 9.10. The number of carbonyl (C=O) groups excluding carboxylic acids is 1. The van der Waals surface area contributed by atoms with Gasteiger partial charge in [-0.1, -0.05) is 34.1 Å². The largest absolute Gasteiger partial charge is 0.409 e. The second-order valence-electron chi connectivity index (χ2n) is 3.47. The number of benzene rings is 1. The van der Waals surface area contributed by atoms with Gasteiger partial charge in [-0.25, -0.2) is 0 Å². The van der Waals surface area contributed by atoms with E-state index in [1.165, 1.54) is 0 Å². The van der Waals surface area contributed by atoms with Crippen LogP contribution < -0.4 is 11.1 Å². The third kappa shape index (κ3) is 3.74. The van der Waals surface area contributed by atoms with E-state index in [1.807, 2.05) is 13.0 Å². The van der Waals surface area contributed by atoms with E-state index in [2.05, 4.69) is 26.4 Å². The number of hydrogen-bond donors (Lipinski definition) is 3. The van der Waals surface area contributed by atoms with Gasteiger partial charge in [0.25, 0.3) is 5.91 Å². The highest BCUT2D eigenvalue weighted by atomic mass is 79.9. The van der Waals surface area contributed by atoms with Gasteiger partial charge in [-0.05, 0) is 24.6 Å². The van der Waals surface area contributed by atoms with Crippen molar-refractivity contribution in [3.05, 3.63) is 34.3 Å². The van der Waals surface area contributed by atoms with Gasteiger partial charge >= 0.3 is 0 Å². The summed E-state index contributed by atoms with van der Waals surface area (Å²) < 4.78 is 0.821. The lowest BCUT2D eigenvalue weighted by molar-refractivity contribution is 0.0945. The maximum absolute atomic E-state index is 11.9. The molecule has 0 saturated carbocycles. The summed E-state index contributed by atoms with van der Waals surface area (Å²) in [4.78, 5) is 11.9. The number of nitrogens with two attached hydrogens (primary N) is 1. The van der Waals surface area contributed by atoms with Gasteiger partial charge in [-0.15, -0.1) is 0 Å². The molecule has 1 rings (SSSR count). The average molecular weight is 300 g/mol. The fraction of sp³-hybridized carbons (Fsp3) is 0.273. The number of amidine groups is 1. The summed E-state index contributed by atoms with van der Waals surface area (Å²) in [6.45, 7) is 1.84. The van der Waals surface area contributed by atoms with Crippen LogP contribution in [0, 0.1) is 0 Å². The molecule has 5 nitrogen and oxygen atoms in total. The van der Waals surface area contributed by atoms with Crippen molar-refractivity contribution in [3.63, 3.8) is 0 Å². The Kier molecular flexibility index (Phi) is 4.96. The number of nitrogens with one attached hydrogen (secondary N) is 1. The van der Waals surface area contributed by atoms with E-state index in [4.69, 9.17) is 10.9 Å². The molecule has 0 saturated heterocycles. The molecule has 0 aromatic heterocycles. The Balaban J connectivity index is 2.78. The van der Waals surface area contributed by atoms with Gasteiger partial charge < -0.3 is 16.3 Å². The number of oxime groups is 1. The molecule has 1 atom stereocenters. The van der Waals surface area contributed by atoms with Crippen LogP contribution in [-0.4, -0.2) is 23.0 Å². The summed E-state index contributed by atoms with van der Waals surface area (Å²) in [5.74, 6) is -0.263. The smallest absolute Gasteiger partial charge is 0.251 e. The van der Waals surface area contributed by atoms with Crippen molar-refractivity contribution in [2.45, 2.75) is 19.4 Å². The average Bonchev–Trinajstić information content (AvgIpc) is 2.34. The van der Waals surface area contributed by atoms with Crippen LogP contribution in [0.25, 0.3) is 0 Å². The van der Waals surface area contributed by atoms with Crippen LogP contribution in [0.1, 0.15) is 23.7 Å². The van der Waals surface area contributed by atoms with Crippen molar-refractivity contribution >= 4 is 27.7 Å². The van der Waals surface area contributed by atoms with Gasteiger partial charge in [-0.3, -0.25) is 4.79 Å². The fourth-order valence-electron chi connectivity index (χ4n) is 1.33. The molecule has 1 aromatic rings. The molecule has 0 radical (unpaired) electrons. The molecule has 6 heteroatoms. The lowest BCUT2D eigenvalue weighted by Gasteiger charge is -2.15. The van der Waals surface area contributed by atoms with Crippen LogP contribution in [0.5, 0.6) is 0 Å². The Morgan fingerprint density at radius 1 is 1.65 bits per heavy atom. The standard InChI is InChI=1S/C11H14BrN3O2/c1-2-9(10(13)15-17)14-11(16)7-4-3-5-8(12)6-7/h3-6,9,17H,2H2,1H3,(H2,13,15)(H,14,16). The van der Waals surface area contributed by atoms with E-state index < -0.39 is 6.04 Å². The maximum Gasteiger partial charge on any atom is 0.251 e. The molecule has 17 heavy (non-hydrogen) atoms. The zero-order valence-electron chi connectivity index (χ0n) is 9.35. The van der Waals surface area contributed by atoms with Crippen molar-refractivity contribution in [2.75, 3.05) is 0 Å². The highest BCUT2D eigenvalue weighted by Gasteiger charge is 2.15. The van der Waals surface area contributed by atoms with Gasteiger partial charge in [-0.2, -0.15) is 0 Å². The van der Waals surface area contributed by atoms with Crippen LogP contribution in [0.2, 0.25) is 0 Å². The summed E-state index contributed by atoms with van der Waals surface area (Å²) in [7, 11) is 0. The van der Waals surface area contributed by atoms with E-state index in [0.29, 0.717) is 12.0 Å². The summed E-state index contributed by atoms with van der Waals surface area (Å²) in [6.07, 6.45) is 0.551. The molecule has 1 unspecified atom stereocenters. The maximum atomic E-state index is 11.9. The first-order chi connectivity index (χ1) is 8.08. The highest BCUT2D eigenvalue weighted by Crippen LogP contribution is 2.11. The van der Waals surface area contributed by atoms with Gasteiger partial charge in [0, 0.05) is 10.0 Å². The first kappa shape index (κ1) is 13.5. The first-order valence-corrected chi connectivity index (χ1v) is 5.91. The molecule has 0 fully saturated rings. The number of nitrogens with zero attached hydrogens (tertiary/aromatic N) is 1. The zero-order chi connectivity index (χ0) is 12.8. The van der Waals surface area contributed by atoms with E-state index in [1.54, 1.807) is 18.2 Å². The van der Waals surface area contributed by atoms with Gasteiger partial charge in [0.1, 0.15) is 0 Å². The van der Waals surface area contributed by atoms with Crippen molar-refractivity contribution in [1.82, 2.24) is 5.32 Å². The molecule has 0 aliphatic rings. The predicted octanol–water partition coefficient (Wildman–Crippen LogP) is 1.70. The molecular weight excluding hydrogens is 286 g/mol. The number of hydrogen-bond acceptors (Lipinski definition) is 3. The Morgan fingerprint density at radius 3 is 2.88 bits per heavy atom. The minimum atomic E-state index is -0.466. The minimum absolute atomic E-state index is 0.00385. The predicted molar refractivity (Wildman–Crippen MR) is 69.1 cm³/mol. The van der Waals surface area contributed by atoms with E-state index in [0.717, 1.165) is 4.47 Å². The summed E-state index contributed by atoms with van der Waals surface area (Å²) in [5, 5.41) is 14.1. The minimum Gasteiger partial charge on any atom is -0.409 e. The van der Waals surface area contributed by atoms with Gasteiger partial charge in [0.15, 0.2) is 5.84 Å². The fourth-order valence-corrected chi connectivity index (χ4v) is 1.73. The van der Waals surface area contributed by atoms with Crippen LogP contribution >= 0.6 is 15.9 Å². The van der Waals surface area contributed by atoms with E-state index in [-0.39, 0.29) is 11.7 Å².